The molecule has 0 bridgehead atoms. The Kier molecular flexibility index (Phi) is 4.99. The van der Waals surface area contributed by atoms with Gasteiger partial charge in [0.15, 0.2) is 0 Å². The fraction of sp³-hybridized carbons (Fsp3) is 0.737. The van der Waals surface area contributed by atoms with E-state index in [1.54, 1.807) is 12.4 Å². The molecule has 2 saturated heterocycles. The van der Waals surface area contributed by atoms with Crippen LogP contribution in [0.5, 0.6) is 0 Å². The van der Waals surface area contributed by atoms with Crippen LogP contribution in [-0.2, 0) is 16.1 Å². The van der Waals surface area contributed by atoms with Gasteiger partial charge in [-0.1, -0.05) is 0 Å². The van der Waals surface area contributed by atoms with Crippen LogP contribution in [0.4, 0.5) is 0 Å². The van der Waals surface area contributed by atoms with E-state index in [1.807, 2.05) is 6.92 Å². The number of nitrogens with zero attached hydrogens (tertiary/aromatic N) is 3. The van der Waals surface area contributed by atoms with Gasteiger partial charge in [0.05, 0.1) is 37.3 Å². The Labute approximate surface area is 149 Å². The number of likely N-dealkylation sites (tertiary alicyclic amines) is 1. The largest absolute Gasteiger partial charge is 0.381 e. The molecule has 1 amide bonds. The van der Waals surface area contributed by atoms with Gasteiger partial charge in [-0.3, -0.25) is 14.8 Å². The first-order valence-corrected chi connectivity index (χ1v) is 9.51. The van der Waals surface area contributed by atoms with E-state index >= 15 is 0 Å². The predicted molar refractivity (Wildman–Crippen MR) is 93.7 cm³/mol. The van der Waals surface area contributed by atoms with Crippen LogP contribution in [0.15, 0.2) is 12.4 Å². The molecule has 25 heavy (non-hydrogen) atoms. The van der Waals surface area contributed by atoms with Crippen molar-refractivity contribution in [2.45, 2.75) is 32.7 Å². The summed E-state index contributed by atoms with van der Waals surface area (Å²) in [5, 5.41) is 2.99. The second-order valence-electron chi connectivity index (χ2n) is 8.01. The van der Waals surface area contributed by atoms with Crippen molar-refractivity contribution in [3.8, 4) is 0 Å². The van der Waals surface area contributed by atoms with E-state index in [-0.39, 0.29) is 5.91 Å². The van der Waals surface area contributed by atoms with Gasteiger partial charge in [-0.25, -0.2) is 0 Å². The quantitative estimate of drug-likeness (QED) is 0.845. The average Bonchev–Trinajstić information content (AvgIpc) is 3.31. The number of ether oxygens (including phenoxy) is 1. The van der Waals surface area contributed by atoms with Crippen molar-refractivity contribution in [1.82, 2.24) is 20.2 Å². The molecule has 136 valence electrons. The lowest BCUT2D eigenvalue weighted by molar-refractivity contribution is -0.124. The number of fused-ring (bicyclic) bond motifs is 1. The highest BCUT2D eigenvalue weighted by Crippen LogP contribution is 2.38. The van der Waals surface area contributed by atoms with Gasteiger partial charge in [0, 0.05) is 32.3 Å². The first-order valence-electron chi connectivity index (χ1n) is 9.51. The van der Waals surface area contributed by atoms with Crippen LogP contribution in [0.1, 0.15) is 30.7 Å². The smallest absolute Gasteiger partial charge is 0.220 e. The van der Waals surface area contributed by atoms with E-state index in [0.717, 1.165) is 43.6 Å². The van der Waals surface area contributed by atoms with Crippen molar-refractivity contribution in [1.29, 1.82) is 0 Å². The molecule has 1 saturated carbocycles. The van der Waals surface area contributed by atoms with E-state index in [2.05, 4.69) is 20.2 Å². The molecule has 0 spiro atoms. The Hall–Kier alpha value is -1.53. The Balaban J connectivity index is 1.27. The van der Waals surface area contributed by atoms with Gasteiger partial charge in [0.2, 0.25) is 5.91 Å². The summed E-state index contributed by atoms with van der Waals surface area (Å²) in [6.07, 6.45) is 6.81. The van der Waals surface area contributed by atoms with Crippen LogP contribution in [-0.4, -0.2) is 53.6 Å². The molecule has 1 N–H and O–H groups in total. The lowest BCUT2D eigenvalue weighted by Crippen LogP contribution is -2.38. The van der Waals surface area contributed by atoms with Crippen LogP contribution in [0.3, 0.4) is 0 Å². The zero-order valence-electron chi connectivity index (χ0n) is 15.0. The lowest BCUT2D eigenvalue weighted by Gasteiger charge is -2.32. The predicted octanol–water partition coefficient (Wildman–Crippen LogP) is 1.40. The van der Waals surface area contributed by atoms with Crippen LogP contribution < -0.4 is 5.32 Å². The van der Waals surface area contributed by atoms with Crippen molar-refractivity contribution < 1.29 is 9.53 Å². The molecule has 2 aliphatic heterocycles. The highest BCUT2D eigenvalue weighted by molar-refractivity contribution is 5.76. The minimum Gasteiger partial charge on any atom is -0.381 e. The van der Waals surface area contributed by atoms with Crippen LogP contribution in [0, 0.1) is 30.6 Å². The molecular weight excluding hydrogens is 316 g/mol. The van der Waals surface area contributed by atoms with Crippen molar-refractivity contribution >= 4 is 5.91 Å². The molecular formula is C19H28N4O2. The summed E-state index contributed by atoms with van der Waals surface area (Å²) >= 11 is 0. The molecule has 4 rings (SSSR count). The minimum absolute atomic E-state index is 0.0947. The van der Waals surface area contributed by atoms with Gasteiger partial charge >= 0.3 is 0 Å². The second kappa shape index (κ2) is 7.38. The van der Waals surface area contributed by atoms with Crippen LogP contribution >= 0.6 is 0 Å². The molecule has 1 aromatic heterocycles. The minimum atomic E-state index is 0.0947. The monoisotopic (exact) mass is 344 g/mol. The summed E-state index contributed by atoms with van der Waals surface area (Å²) in [5.74, 6) is 2.58. The molecule has 3 heterocycles. The van der Waals surface area contributed by atoms with Crippen molar-refractivity contribution in [3.05, 3.63) is 23.8 Å². The average molecular weight is 344 g/mol. The number of nitrogens with one attached hydrogen (secondary N) is 1. The molecule has 6 nitrogen and oxygen atoms in total. The maximum Gasteiger partial charge on any atom is 0.220 e. The van der Waals surface area contributed by atoms with Crippen molar-refractivity contribution in [2.75, 3.05) is 32.8 Å². The Morgan fingerprint density at radius 3 is 2.92 bits per heavy atom. The number of carbonyl (C=O) groups excluding carboxylic acids is 1. The summed E-state index contributed by atoms with van der Waals surface area (Å²) in [4.78, 5) is 23.5. The summed E-state index contributed by atoms with van der Waals surface area (Å²) in [6, 6.07) is 0. The number of aryl methyl sites for hydroxylation is 1. The SMILES string of the molecule is Cc1cnc(CNC(=O)C[C@@H]2COC[C@H]3CN(CC4CC4)C[C@@H]23)cn1. The zero-order chi connectivity index (χ0) is 17.2. The highest BCUT2D eigenvalue weighted by Gasteiger charge is 2.42. The zero-order valence-corrected chi connectivity index (χ0v) is 15.0. The molecule has 3 fully saturated rings. The number of hydrogen-bond donors (Lipinski definition) is 1. The van der Waals surface area contributed by atoms with Crippen LogP contribution in [0.2, 0.25) is 0 Å². The van der Waals surface area contributed by atoms with E-state index in [9.17, 15) is 4.79 Å². The van der Waals surface area contributed by atoms with Gasteiger partial charge in [-0.15, -0.1) is 0 Å². The summed E-state index contributed by atoms with van der Waals surface area (Å²) in [7, 11) is 0. The third kappa shape index (κ3) is 4.36. The standard InChI is InChI=1S/C19H28N4O2/c1-13-5-21-17(6-20-13)7-22-19(24)4-15-11-25-12-16-9-23(10-18(15)16)8-14-2-3-14/h5-6,14-16,18H,2-4,7-12H2,1H3,(H,22,24)/t15-,16-,18+/m1/s1. The fourth-order valence-corrected chi connectivity index (χ4v) is 4.23. The Bertz CT molecular complexity index is 602. The molecule has 6 heteroatoms. The molecule has 0 unspecified atom stereocenters. The first kappa shape index (κ1) is 16.9. The Morgan fingerprint density at radius 1 is 1.28 bits per heavy atom. The molecule has 1 aliphatic carbocycles. The fourth-order valence-electron chi connectivity index (χ4n) is 4.23. The number of hydrogen-bond acceptors (Lipinski definition) is 5. The molecule has 3 aliphatic rings. The summed E-state index contributed by atoms with van der Waals surface area (Å²) in [6.45, 7) is 7.48. The van der Waals surface area contributed by atoms with E-state index in [4.69, 9.17) is 4.74 Å². The van der Waals surface area contributed by atoms with Crippen molar-refractivity contribution in [3.63, 3.8) is 0 Å². The number of rotatable bonds is 6. The number of carbonyl (C=O) groups is 1. The molecule has 0 radical (unpaired) electrons. The molecule has 3 atom stereocenters. The molecule has 1 aromatic rings. The first-order chi connectivity index (χ1) is 12.2. The van der Waals surface area contributed by atoms with Gasteiger partial charge < -0.3 is 15.0 Å². The lowest BCUT2D eigenvalue weighted by atomic mass is 9.81. The highest BCUT2D eigenvalue weighted by atomic mass is 16.5. The van der Waals surface area contributed by atoms with E-state index in [1.165, 1.54) is 19.4 Å². The third-order valence-corrected chi connectivity index (χ3v) is 5.80. The van der Waals surface area contributed by atoms with Gasteiger partial charge in [0.25, 0.3) is 0 Å². The number of aromatic nitrogens is 2. The van der Waals surface area contributed by atoms with Gasteiger partial charge in [-0.2, -0.15) is 0 Å². The summed E-state index contributed by atoms with van der Waals surface area (Å²) < 4.78 is 5.81. The normalized spacial score (nSPS) is 29.4. The van der Waals surface area contributed by atoms with E-state index < -0.39 is 0 Å². The van der Waals surface area contributed by atoms with Gasteiger partial charge in [-0.05, 0) is 43.4 Å². The summed E-state index contributed by atoms with van der Waals surface area (Å²) in [5.41, 5.74) is 1.69. The second-order valence-corrected chi connectivity index (χ2v) is 8.01. The van der Waals surface area contributed by atoms with Gasteiger partial charge in [0.1, 0.15) is 0 Å². The maximum absolute atomic E-state index is 12.4. The maximum atomic E-state index is 12.4. The van der Waals surface area contributed by atoms with E-state index in [0.29, 0.717) is 30.7 Å². The van der Waals surface area contributed by atoms with Crippen molar-refractivity contribution in [2.24, 2.45) is 23.7 Å². The third-order valence-electron chi connectivity index (χ3n) is 5.80. The topological polar surface area (TPSA) is 67.3 Å². The Morgan fingerprint density at radius 2 is 2.16 bits per heavy atom. The number of amides is 1. The van der Waals surface area contributed by atoms with Crippen LogP contribution in [0.25, 0.3) is 0 Å². The molecule has 0 aromatic carbocycles.